The molecule has 6 nitrogen and oxygen atoms in total. The van der Waals surface area contributed by atoms with E-state index in [9.17, 15) is 10.1 Å². The molecule has 0 aliphatic heterocycles. The van der Waals surface area contributed by atoms with Gasteiger partial charge in [0.15, 0.2) is 0 Å². The van der Waals surface area contributed by atoms with Gasteiger partial charge in [0.2, 0.25) is 5.82 Å². The van der Waals surface area contributed by atoms with Crippen LogP contribution in [0.4, 0.5) is 11.5 Å². The van der Waals surface area contributed by atoms with Gasteiger partial charge in [-0.25, -0.2) is 4.98 Å². The van der Waals surface area contributed by atoms with Crippen molar-refractivity contribution in [1.82, 2.24) is 9.97 Å². The van der Waals surface area contributed by atoms with E-state index in [1.165, 1.54) is 12.3 Å². The van der Waals surface area contributed by atoms with Crippen LogP contribution >= 0.6 is 11.6 Å². The third-order valence-electron chi connectivity index (χ3n) is 2.22. The van der Waals surface area contributed by atoms with Gasteiger partial charge in [-0.15, -0.1) is 0 Å². The van der Waals surface area contributed by atoms with Crippen molar-refractivity contribution in [2.45, 2.75) is 6.54 Å². The lowest BCUT2D eigenvalue weighted by Crippen LogP contribution is -2.05. The molecule has 0 radical (unpaired) electrons. The molecule has 0 aliphatic carbocycles. The van der Waals surface area contributed by atoms with Crippen LogP contribution in [-0.4, -0.2) is 14.9 Å². The highest BCUT2D eigenvalue weighted by molar-refractivity contribution is 6.33. The van der Waals surface area contributed by atoms with Crippen LogP contribution in [0.2, 0.25) is 5.02 Å². The zero-order chi connectivity index (χ0) is 13.0. The number of halogens is 1. The first-order valence-electron chi connectivity index (χ1n) is 5.11. The van der Waals surface area contributed by atoms with Crippen molar-refractivity contribution in [3.8, 4) is 0 Å². The Bertz CT molecular complexity index is 562. The maximum atomic E-state index is 10.9. The molecule has 1 N–H and O–H groups in total. The molecule has 0 aliphatic rings. The van der Waals surface area contributed by atoms with Crippen molar-refractivity contribution in [2.24, 2.45) is 0 Å². The summed E-state index contributed by atoms with van der Waals surface area (Å²) in [6, 6.07) is 6.82. The van der Waals surface area contributed by atoms with Gasteiger partial charge >= 0.3 is 5.69 Å². The molecular formula is C11H9ClN4O2. The molecule has 0 bridgehead atoms. The third kappa shape index (κ3) is 2.72. The molecule has 0 spiro atoms. The molecule has 0 fully saturated rings. The lowest BCUT2D eigenvalue weighted by atomic mass is 10.3. The van der Waals surface area contributed by atoms with Crippen LogP contribution in [0.5, 0.6) is 0 Å². The Hall–Kier alpha value is -2.21. The van der Waals surface area contributed by atoms with Crippen LogP contribution in [0, 0.1) is 10.1 Å². The number of anilines is 1. The summed E-state index contributed by atoms with van der Waals surface area (Å²) in [6.45, 7) is 0.342. The van der Waals surface area contributed by atoms with Gasteiger partial charge in [-0.2, -0.15) is 0 Å². The van der Waals surface area contributed by atoms with E-state index in [2.05, 4.69) is 15.3 Å². The SMILES string of the molecule is O=[N+]([O-])c1c(Cl)ccnc1NCc1ccccn1. The van der Waals surface area contributed by atoms with Crippen molar-refractivity contribution in [3.05, 3.63) is 57.5 Å². The van der Waals surface area contributed by atoms with Crippen LogP contribution in [0.25, 0.3) is 0 Å². The normalized spacial score (nSPS) is 10.1. The summed E-state index contributed by atoms with van der Waals surface area (Å²) in [4.78, 5) is 18.3. The number of nitro groups is 1. The van der Waals surface area contributed by atoms with Crippen LogP contribution in [0.3, 0.4) is 0 Å². The maximum absolute atomic E-state index is 10.9. The van der Waals surface area contributed by atoms with Crippen LogP contribution in [-0.2, 0) is 6.54 Å². The van der Waals surface area contributed by atoms with Crippen molar-refractivity contribution in [1.29, 1.82) is 0 Å². The first-order valence-corrected chi connectivity index (χ1v) is 5.49. The minimum atomic E-state index is -0.559. The Balaban J connectivity index is 2.20. The van der Waals surface area contributed by atoms with Crippen LogP contribution < -0.4 is 5.32 Å². The molecule has 7 heteroatoms. The molecule has 0 atom stereocenters. The van der Waals surface area contributed by atoms with Gasteiger partial charge in [-0.1, -0.05) is 17.7 Å². The van der Waals surface area contributed by atoms with E-state index < -0.39 is 4.92 Å². The van der Waals surface area contributed by atoms with Crippen LogP contribution in [0.1, 0.15) is 5.69 Å². The molecule has 2 rings (SSSR count). The summed E-state index contributed by atoms with van der Waals surface area (Å²) in [5.41, 5.74) is 0.531. The fourth-order valence-electron chi connectivity index (χ4n) is 1.41. The van der Waals surface area contributed by atoms with Gasteiger partial charge in [0.05, 0.1) is 17.2 Å². The molecular weight excluding hydrogens is 256 g/mol. The number of hydrogen-bond donors (Lipinski definition) is 1. The highest BCUT2D eigenvalue weighted by atomic mass is 35.5. The molecule has 0 aromatic carbocycles. The molecule has 2 aromatic heterocycles. The second-order valence-electron chi connectivity index (χ2n) is 3.42. The van der Waals surface area contributed by atoms with Crippen molar-refractivity contribution < 1.29 is 4.92 Å². The summed E-state index contributed by atoms with van der Waals surface area (Å²) in [5.74, 6) is 0.137. The molecule has 18 heavy (non-hydrogen) atoms. The summed E-state index contributed by atoms with van der Waals surface area (Å²) < 4.78 is 0. The van der Waals surface area contributed by atoms with E-state index >= 15 is 0 Å². The van der Waals surface area contributed by atoms with E-state index in [-0.39, 0.29) is 16.5 Å². The predicted octanol–water partition coefficient (Wildman–Crippen LogP) is 2.65. The van der Waals surface area contributed by atoms with E-state index in [0.29, 0.717) is 6.54 Å². The monoisotopic (exact) mass is 264 g/mol. The largest absolute Gasteiger partial charge is 0.359 e. The molecule has 92 valence electrons. The first-order chi connectivity index (χ1) is 8.68. The Morgan fingerprint density at radius 3 is 2.78 bits per heavy atom. The Morgan fingerprint density at radius 2 is 2.11 bits per heavy atom. The Morgan fingerprint density at radius 1 is 1.28 bits per heavy atom. The minimum absolute atomic E-state index is 0.0542. The quantitative estimate of drug-likeness (QED) is 0.678. The fourth-order valence-corrected chi connectivity index (χ4v) is 1.63. The maximum Gasteiger partial charge on any atom is 0.329 e. The van der Waals surface area contributed by atoms with E-state index in [4.69, 9.17) is 11.6 Å². The van der Waals surface area contributed by atoms with Gasteiger partial charge in [0, 0.05) is 12.4 Å². The number of nitrogens with zero attached hydrogens (tertiary/aromatic N) is 3. The van der Waals surface area contributed by atoms with E-state index in [0.717, 1.165) is 5.69 Å². The highest BCUT2D eigenvalue weighted by Gasteiger charge is 2.19. The van der Waals surface area contributed by atoms with Gasteiger partial charge in [0.1, 0.15) is 5.02 Å². The molecule has 0 saturated carbocycles. The molecule has 2 aromatic rings. The lowest BCUT2D eigenvalue weighted by Gasteiger charge is -2.06. The fraction of sp³-hybridized carbons (Fsp3) is 0.0909. The molecule has 0 saturated heterocycles. The summed E-state index contributed by atoms with van der Waals surface area (Å²) in [6.07, 6.45) is 3.06. The average Bonchev–Trinajstić information content (AvgIpc) is 2.37. The number of pyridine rings is 2. The van der Waals surface area contributed by atoms with Crippen LogP contribution in [0.15, 0.2) is 36.7 Å². The highest BCUT2D eigenvalue weighted by Crippen LogP contribution is 2.30. The number of rotatable bonds is 4. The van der Waals surface area contributed by atoms with E-state index in [1.807, 2.05) is 12.1 Å². The van der Waals surface area contributed by atoms with Gasteiger partial charge in [0.25, 0.3) is 0 Å². The lowest BCUT2D eigenvalue weighted by molar-refractivity contribution is -0.384. The third-order valence-corrected chi connectivity index (χ3v) is 2.53. The summed E-state index contributed by atoms with van der Waals surface area (Å²) >= 11 is 5.77. The predicted molar refractivity (Wildman–Crippen MR) is 67.5 cm³/mol. The average molecular weight is 265 g/mol. The zero-order valence-corrected chi connectivity index (χ0v) is 9.96. The Labute approximate surface area is 108 Å². The van der Waals surface area contributed by atoms with Crippen molar-refractivity contribution in [3.63, 3.8) is 0 Å². The number of nitrogens with one attached hydrogen (secondary N) is 1. The van der Waals surface area contributed by atoms with Gasteiger partial charge in [-0.3, -0.25) is 15.1 Å². The van der Waals surface area contributed by atoms with Gasteiger partial charge < -0.3 is 5.32 Å². The molecule has 0 unspecified atom stereocenters. The van der Waals surface area contributed by atoms with E-state index in [1.54, 1.807) is 12.3 Å². The number of aromatic nitrogens is 2. The smallest absolute Gasteiger partial charge is 0.329 e. The first kappa shape index (κ1) is 12.3. The minimum Gasteiger partial charge on any atom is -0.359 e. The Kier molecular flexibility index (Phi) is 3.69. The standard InChI is InChI=1S/C11H9ClN4O2/c12-9-4-6-14-11(10(9)16(17)18)15-7-8-3-1-2-5-13-8/h1-6H,7H2,(H,14,15). The number of hydrogen-bond acceptors (Lipinski definition) is 5. The summed E-state index contributed by atoms with van der Waals surface area (Å²) in [5, 5.41) is 13.8. The topological polar surface area (TPSA) is 81.0 Å². The second-order valence-corrected chi connectivity index (χ2v) is 3.83. The molecule has 0 amide bonds. The zero-order valence-electron chi connectivity index (χ0n) is 9.21. The van der Waals surface area contributed by atoms with Crippen molar-refractivity contribution >= 4 is 23.1 Å². The van der Waals surface area contributed by atoms with Crippen molar-refractivity contribution in [2.75, 3.05) is 5.32 Å². The molecule has 2 heterocycles. The second kappa shape index (κ2) is 5.42. The van der Waals surface area contributed by atoms with Gasteiger partial charge in [-0.05, 0) is 18.2 Å². The summed E-state index contributed by atoms with van der Waals surface area (Å²) in [7, 11) is 0.